The second-order valence-electron chi connectivity index (χ2n) is 4.22. The van der Waals surface area contributed by atoms with Gasteiger partial charge < -0.3 is 5.11 Å². The van der Waals surface area contributed by atoms with Gasteiger partial charge in [0, 0.05) is 35.5 Å². The summed E-state index contributed by atoms with van der Waals surface area (Å²) in [5.74, 6) is -0.246. The Hall–Kier alpha value is -2.76. The molecule has 5 nitrogen and oxygen atoms in total. The van der Waals surface area contributed by atoms with Crippen LogP contribution in [-0.4, -0.2) is 26.3 Å². The number of rotatable bonds is 2. The fourth-order valence-corrected chi connectivity index (χ4v) is 1.96. The van der Waals surface area contributed by atoms with Gasteiger partial charge in [0.25, 0.3) is 6.47 Å². The van der Waals surface area contributed by atoms with Gasteiger partial charge in [-0.05, 0) is 25.1 Å². The summed E-state index contributed by atoms with van der Waals surface area (Å²) in [5.41, 5.74) is 2.50. The molecule has 0 radical (unpaired) electrons. The smallest absolute Gasteiger partial charge is 0.290 e. The number of pyridine rings is 1. The van der Waals surface area contributed by atoms with Crippen LogP contribution in [0, 0.1) is 5.82 Å². The summed E-state index contributed by atoms with van der Waals surface area (Å²) in [4.78, 5) is 12.6. The summed E-state index contributed by atoms with van der Waals surface area (Å²) >= 11 is 0. The lowest BCUT2D eigenvalue weighted by molar-refractivity contribution is -0.122. The topological polar surface area (TPSA) is 68.0 Å². The molecular weight excluding hydrogens is 273 g/mol. The van der Waals surface area contributed by atoms with E-state index in [0.717, 1.165) is 17.7 Å². The maximum Gasteiger partial charge on any atom is 0.290 e. The summed E-state index contributed by atoms with van der Waals surface area (Å²) in [5, 5.41) is 11.6. The average molecular weight is 287 g/mol. The quantitative estimate of drug-likeness (QED) is 0.736. The second kappa shape index (κ2) is 6.60. The van der Waals surface area contributed by atoms with Crippen molar-refractivity contribution >= 4 is 17.4 Å². The molecule has 2 aromatic heterocycles. The molecule has 0 saturated carbocycles. The third-order valence-electron chi connectivity index (χ3n) is 2.96. The predicted molar refractivity (Wildman–Crippen MR) is 77.3 cm³/mol. The molecule has 0 saturated heterocycles. The number of aromatic nitrogens is 3. The highest BCUT2D eigenvalue weighted by Gasteiger charge is 2.06. The summed E-state index contributed by atoms with van der Waals surface area (Å²) in [6, 6.07) is 6.73. The second-order valence-corrected chi connectivity index (χ2v) is 4.22. The van der Waals surface area contributed by atoms with Crippen molar-refractivity contribution in [2.24, 2.45) is 0 Å². The molecule has 0 aliphatic carbocycles. The molecule has 3 rings (SSSR count). The van der Waals surface area contributed by atoms with E-state index in [0.29, 0.717) is 10.9 Å². The molecule has 0 aliphatic rings. The van der Waals surface area contributed by atoms with Gasteiger partial charge in [-0.25, -0.2) is 4.39 Å². The van der Waals surface area contributed by atoms with Crippen LogP contribution in [0.15, 0.2) is 42.9 Å². The monoisotopic (exact) mass is 287 g/mol. The Kier molecular flexibility index (Phi) is 4.61. The average Bonchev–Trinajstić information content (AvgIpc) is 2.97. The summed E-state index contributed by atoms with van der Waals surface area (Å²) in [6.07, 6.45) is 5.45. The predicted octanol–water partition coefficient (Wildman–Crippen LogP) is 2.96. The molecule has 1 aromatic carbocycles. The normalized spacial score (nSPS) is 10.0. The highest BCUT2D eigenvalue weighted by molar-refractivity contribution is 5.83. The number of hydrogen-bond donors (Lipinski definition) is 1. The first-order chi connectivity index (χ1) is 10.2. The van der Waals surface area contributed by atoms with Crippen molar-refractivity contribution in [3.8, 4) is 11.1 Å². The summed E-state index contributed by atoms with van der Waals surface area (Å²) < 4.78 is 15.5. The van der Waals surface area contributed by atoms with Crippen molar-refractivity contribution in [2.75, 3.05) is 0 Å². The van der Waals surface area contributed by atoms with Crippen LogP contribution in [0.25, 0.3) is 22.0 Å². The molecule has 0 fully saturated rings. The van der Waals surface area contributed by atoms with Gasteiger partial charge in [-0.2, -0.15) is 5.10 Å². The van der Waals surface area contributed by atoms with E-state index in [4.69, 9.17) is 9.90 Å². The fourth-order valence-electron chi connectivity index (χ4n) is 1.96. The summed E-state index contributed by atoms with van der Waals surface area (Å²) in [7, 11) is 0. The maximum atomic E-state index is 13.7. The molecule has 0 atom stereocenters. The number of benzene rings is 1. The molecule has 6 heteroatoms. The first-order valence-corrected chi connectivity index (χ1v) is 6.34. The zero-order valence-corrected chi connectivity index (χ0v) is 11.4. The molecule has 0 aliphatic heterocycles. The van der Waals surface area contributed by atoms with Crippen molar-refractivity contribution in [2.45, 2.75) is 13.5 Å². The largest absolute Gasteiger partial charge is 0.483 e. The molecule has 21 heavy (non-hydrogen) atoms. The van der Waals surface area contributed by atoms with E-state index in [-0.39, 0.29) is 12.3 Å². The highest BCUT2D eigenvalue weighted by atomic mass is 19.1. The van der Waals surface area contributed by atoms with Gasteiger partial charge in [0.2, 0.25) is 0 Å². The summed E-state index contributed by atoms with van der Waals surface area (Å²) in [6.45, 7) is 2.59. The number of halogens is 1. The van der Waals surface area contributed by atoms with Crippen molar-refractivity contribution < 1.29 is 14.3 Å². The molecule has 1 N–H and O–H groups in total. The van der Waals surface area contributed by atoms with E-state index >= 15 is 0 Å². The number of aryl methyl sites for hydroxylation is 1. The molecule has 3 aromatic rings. The van der Waals surface area contributed by atoms with Crippen LogP contribution < -0.4 is 0 Å². The van der Waals surface area contributed by atoms with Crippen molar-refractivity contribution in [3.05, 3.63) is 48.7 Å². The number of nitrogens with zero attached hydrogens (tertiary/aromatic N) is 3. The van der Waals surface area contributed by atoms with Gasteiger partial charge in [-0.1, -0.05) is 6.07 Å². The lowest BCUT2D eigenvalue weighted by Gasteiger charge is -2.01. The van der Waals surface area contributed by atoms with Crippen LogP contribution in [0.3, 0.4) is 0 Å². The standard InChI is InChI=1S/C14H12FN3.CH2O2/c1-2-18-9-11(8-17-18)10-6-12-13(15)4-3-5-14(12)16-7-10;2-1-3/h3-9H,2H2,1H3;1H,(H,2,3). The van der Waals surface area contributed by atoms with Gasteiger partial charge in [0.05, 0.1) is 11.7 Å². The Morgan fingerprint density at radius 3 is 2.76 bits per heavy atom. The minimum absolute atomic E-state index is 0.246. The van der Waals surface area contributed by atoms with E-state index in [9.17, 15) is 4.39 Å². The van der Waals surface area contributed by atoms with Crippen LogP contribution in [0.5, 0.6) is 0 Å². The van der Waals surface area contributed by atoms with Gasteiger partial charge in [0.15, 0.2) is 0 Å². The van der Waals surface area contributed by atoms with Crippen LogP contribution >= 0.6 is 0 Å². The van der Waals surface area contributed by atoms with Crippen molar-refractivity contribution in [1.82, 2.24) is 14.8 Å². The van der Waals surface area contributed by atoms with E-state index in [2.05, 4.69) is 10.1 Å². The Morgan fingerprint density at radius 2 is 2.10 bits per heavy atom. The minimum atomic E-state index is -0.250. The van der Waals surface area contributed by atoms with E-state index in [1.54, 1.807) is 24.5 Å². The minimum Gasteiger partial charge on any atom is -0.483 e. The number of fused-ring (bicyclic) bond motifs is 1. The molecule has 0 unspecified atom stereocenters. The Balaban J connectivity index is 0.000000497. The lowest BCUT2D eigenvalue weighted by atomic mass is 10.1. The molecule has 2 heterocycles. The highest BCUT2D eigenvalue weighted by Crippen LogP contribution is 2.23. The third-order valence-corrected chi connectivity index (χ3v) is 2.96. The van der Waals surface area contributed by atoms with Crippen LogP contribution in [-0.2, 0) is 11.3 Å². The SMILES string of the molecule is CCn1cc(-c2cnc3cccc(F)c3c2)cn1.O=CO. The lowest BCUT2D eigenvalue weighted by Crippen LogP contribution is -1.92. The van der Waals surface area contributed by atoms with Gasteiger partial charge >= 0.3 is 0 Å². The maximum absolute atomic E-state index is 13.7. The third kappa shape index (κ3) is 3.22. The van der Waals surface area contributed by atoms with E-state index < -0.39 is 0 Å². The van der Waals surface area contributed by atoms with Crippen LogP contribution in [0.2, 0.25) is 0 Å². The van der Waals surface area contributed by atoms with Crippen LogP contribution in [0.1, 0.15) is 6.92 Å². The van der Waals surface area contributed by atoms with Crippen LogP contribution in [0.4, 0.5) is 4.39 Å². The number of carboxylic acid groups (broad SMARTS) is 1. The molecule has 0 amide bonds. The zero-order chi connectivity index (χ0) is 15.2. The Bertz CT molecular complexity index is 756. The first kappa shape index (κ1) is 14.6. The van der Waals surface area contributed by atoms with Crippen molar-refractivity contribution in [1.29, 1.82) is 0 Å². The van der Waals surface area contributed by atoms with Gasteiger partial charge in [-0.15, -0.1) is 0 Å². The number of hydrogen-bond acceptors (Lipinski definition) is 3. The Labute approximate surface area is 120 Å². The van der Waals surface area contributed by atoms with Crippen molar-refractivity contribution in [3.63, 3.8) is 0 Å². The van der Waals surface area contributed by atoms with E-state index in [1.165, 1.54) is 6.07 Å². The molecule has 0 spiro atoms. The Morgan fingerprint density at radius 1 is 1.33 bits per heavy atom. The molecule has 0 bridgehead atoms. The number of carbonyl (C=O) groups is 1. The van der Waals surface area contributed by atoms with E-state index in [1.807, 2.05) is 23.9 Å². The van der Waals surface area contributed by atoms with Gasteiger partial charge in [-0.3, -0.25) is 14.5 Å². The molecular formula is C15H14FN3O2. The fraction of sp³-hybridized carbons (Fsp3) is 0.133. The van der Waals surface area contributed by atoms with Gasteiger partial charge in [0.1, 0.15) is 5.82 Å². The molecule has 108 valence electrons. The zero-order valence-electron chi connectivity index (χ0n) is 11.4. The first-order valence-electron chi connectivity index (χ1n) is 6.34.